The van der Waals surface area contributed by atoms with Crippen LogP contribution in [0.4, 0.5) is 0 Å². The minimum Gasteiger partial charge on any atom is -0.480 e. The number of nitrogens with one attached hydrogen (secondary N) is 1. The van der Waals surface area contributed by atoms with Crippen LogP contribution in [0.25, 0.3) is 0 Å². The number of ether oxygens (including phenoxy) is 1. The first-order valence-electron chi connectivity index (χ1n) is 11.5. The van der Waals surface area contributed by atoms with Crippen molar-refractivity contribution in [1.82, 2.24) is 25.1 Å². The molecule has 2 aliphatic heterocycles. The summed E-state index contributed by atoms with van der Waals surface area (Å²) in [4.78, 5) is 26.0. The minimum atomic E-state index is -0.0918. The standard InChI is InChI=1S/C26H29N5O2/c1-33-24-17-28-15-22(29-24)26(32)30-12-13-31-21(18-30)14-27-16-23(31)25(19-8-4-2-5-9-19)20-10-6-3-7-11-20/h2-11,15,17,21,23,25,27H,12-14,16,18H2,1H3. The van der Waals surface area contributed by atoms with Gasteiger partial charge in [0.25, 0.3) is 5.91 Å². The lowest BCUT2D eigenvalue weighted by Crippen LogP contribution is -2.66. The molecule has 2 saturated heterocycles. The second-order valence-electron chi connectivity index (χ2n) is 8.61. The lowest BCUT2D eigenvalue weighted by atomic mass is 9.82. The van der Waals surface area contributed by atoms with E-state index >= 15 is 0 Å². The molecule has 3 heterocycles. The van der Waals surface area contributed by atoms with Crippen molar-refractivity contribution in [3.63, 3.8) is 0 Å². The van der Waals surface area contributed by atoms with Crippen LogP contribution in [0, 0.1) is 0 Å². The number of hydrogen-bond acceptors (Lipinski definition) is 6. The molecule has 170 valence electrons. The van der Waals surface area contributed by atoms with Crippen molar-refractivity contribution in [3.05, 3.63) is 89.9 Å². The second-order valence-corrected chi connectivity index (χ2v) is 8.61. The summed E-state index contributed by atoms with van der Waals surface area (Å²) in [5, 5.41) is 3.64. The molecule has 33 heavy (non-hydrogen) atoms. The fraction of sp³-hybridized carbons (Fsp3) is 0.346. The molecule has 2 aromatic carbocycles. The van der Waals surface area contributed by atoms with E-state index in [9.17, 15) is 4.79 Å². The molecule has 0 saturated carbocycles. The van der Waals surface area contributed by atoms with Crippen LogP contribution in [0.5, 0.6) is 5.88 Å². The predicted octanol–water partition coefficient (Wildman–Crippen LogP) is 2.42. The molecule has 1 amide bonds. The van der Waals surface area contributed by atoms with Crippen LogP contribution >= 0.6 is 0 Å². The van der Waals surface area contributed by atoms with E-state index in [1.165, 1.54) is 30.6 Å². The van der Waals surface area contributed by atoms with Crippen LogP contribution in [-0.2, 0) is 0 Å². The highest BCUT2D eigenvalue weighted by atomic mass is 16.5. The molecule has 3 aromatic rings. The summed E-state index contributed by atoms with van der Waals surface area (Å²) < 4.78 is 5.14. The summed E-state index contributed by atoms with van der Waals surface area (Å²) in [5.41, 5.74) is 2.97. The number of fused-ring (bicyclic) bond motifs is 1. The Morgan fingerprint density at radius 3 is 2.36 bits per heavy atom. The van der Waals surface area contributed by atoms with E-state index in [0.717, 1.165) is 19.6 Å². The van der Waals surface area contributed by atoms with E-state index in [2.05, 4.69) is 80.8 Å². The number of piperazine rings is 2. The summed E-state index contributed by atoms with van der Waals surface area (Å²) in [7, 11) is 1.53. The Balaban J connectivity index is 1.38. The van der Waals surface area contributed by atoms with Crippen LogP contribution in [0.2, 0.25) is 0 Å². The third-order valence-electron chi connectivity index (χ3n) is 6.72. The molecule has 0 spiro atoms. The van der Waals surface area contributed by atoms with Gasteiger partial charge in [0.15, 0.2) is 5.69 Å². The number of nitrogens with zero attached hydrogens (tertiary/aromatic N) is 4. The molecule has 2 aliphatic rings. The first kappa shape index (κ1) is 21.6. The van der Waals surface area contributed by atoms with Gasteiger partial charge in [0.1, 0.15) is 0 Å². The zero-order chi connectivity index (χ0) is 22.6. The van der Waals surface area contributed by atoms with Gasteiger partial charge in [-0.3, -0.25) is 14.7 Å². The number of rotatable bonds is 5. The van der Waals surface area contributed by atoms with Gasteiger partial charge in [-0.05, 0) is 11.1 Å². The summed E-state index contributed by atoms with van der Waals surface area (Å²) in [6.45, 7) is 3.94. The Morgan fingerprint density at radius 2 is 1.70 bits per heavy atom. The molecule has 2 atom stereocenters. The van der Waals surface area contributed by atoms with Crippen molar-refractivity contribution in [2.24, 2.45) is 0 Å². The van der Waals surface area contributed by atoms with Crippen LogP contribution < -0.4 is 10.1 Å². The Morgan fingerprint density at radius 1 is 1.00 bits per heavy atom. The normalized spacial score (nSPS) is 21.0. The topological polar surface area (TPSA) is 70.6 Å². The average Bonchev–Trinajstić information content (AvgIpc) is 2.89. The maximum Gasteiger partial charge on any atom is 0.274 e. The highest BCUT2D eigenvalue weighted by molar-refractivity contribution is 5.92. The number of hydrogen-bond donors (Lipinski definition) is 1. The summed E-state index contributed by atoms with van der Waals surface area (Å²) in [5.74, 6) is 0.521. The van der Waals surface area contributed by atoms with Gasteiger partial charge in [-0.2, -0.15) is 0 Å². The zero-order valence-electron chi connectivity index (χ0n) is 18.8. The van der Waals surface area contributed by atoms with Gasteiger partial charge in [0, 0.05) is 50.7 Å². The summed E-state index contributed by atoms with van der Waals surface area (Å²) in [6, 6.07) is 22.1. The molecular formula is C26H29N5O2. The molecule has 7 heteroatoms. The molecule has 0 aliphatic carbocycles. The van der Waals surface area contributed by atoms with Gasteiger partial charge in [0.05, 0.1) is 19.5 Å². The van der Waals surface area contributed by atoms with Gasteiger partial charge >= 0.3 is 0 Å². The number of aromatic nitrogens is 2. The van der Waals surface area contributed by atoms with E-state index in [1.54, 1.807) is 0 Å². The van der Waals surface area contributed by atoms with Gasteiger partial charge < -0.3 is 15.0 Å². The fourth-order valence-electron chi connectivity index (χ4n) is 5.17. The van der Waals surface area contributed by atoms with E-state index < -0.39 is 0 Å². The third-order valence-corrected chi connectivity index (χ3v) is 6.72. The van der Waals surface area contributed by atoms with E-state index in [4.69, 9.17) is 4.74 Å². The second kappa shape index (κ2) is 9.68. The van der Waals surface area contributed by atoms with Gasteiger partial charge in [0.2, 0.25) is 5.88 Å². The van der Waals surface area contributed by atoms with E-state index in [-0.39, 0.29) is 17.9 Å². The van der Waals surface area contributed by atoms with Gasteiger partial charge in [-0.15, -0.1) is 0 Å². The average molecular weight is 444 g/mol. The third kappa shape index (κ3) is 4.47. The molecule has 1 N–H and O–H groups in total. The molecule has 2 fully saturated rings. The molecule has 2 unspecified atom stereocenters. The Bertz CT molecular complexity index is 1040. The SMILES string of the molecule is COc1cncc(C(=O)N2CCN3C(CNCC3C(c3ccccc3)c3ccccc3)C2)n1. The molecule has 0 radical (unpaired) electrons. The highest BCUT2D eigenvalue weighted by Gasteiger charge is 2.40. The lowest BCUT2D eigenvalue weighted by Gasteiger charge is -2.50. The van der Waals surface area contributed by atoms with Gasteiger partial charge in [-0.1, -0.05) is 60.7 Å². The molecule has 0 bridgehead atoms. The minimum absolute atomic E-state index is 0.0918. The van der Waals surface area contributed by atoms with Crippen LogP contribution in [0.1, 0.15) is 27.5 Å². The maximum atomic E-state index is 13.1. The quantitative estimate of drug-likeness (QED) is 0.653. The smallest absolute Gasteiger partial charge is 0.274 e. The molecule has 7 nitrogen and oxygen atoms in total. The summed E-state index contributed by atoms with van der Waals surface area (Å²) >= 11 is 0. The van der Waals surface area contributed by atoms with E-state index in [1.807, 2.05) is 4.90 Å². The summed E-state index contributed by atoms with van der Waals surface area (Å²) in [6.07, 6.45) is 3.03. The number of carbonyl (C=O) groups excluding carboxylic acids is 1. The Hall–Kier alpha value is -3.29. The molecular weight excluding hydrogens is 414 g/mol. The zero-order valence-corrected chi connectivity index (χ0v) is 18.8. The Kier molecular flexibility index (Phi) is 6.32. The molecule has 1 aromatic heterocycles. The number of methoxy groups -OCH3 is 1. The first-order chi connectivity index (χ1) is 16.2. The number of carbonyl (C=O) groups is 1. The van der Waals surface area contributed by atoms with Crippen LogP contribution in [0.15, 0.2) is 73.1 Å². The monoisotopic (exact) mass is 443 g/mol. The van der Waals surface area contributed by atoms with Crippen molar-refractivity contribution in [3.8, 4) is 5.88 Å². The van der Waals surface area contributed by atoms with Crippen molar-refractivity contribution in [1.29, 1.82) is 0 Å². The first-order valence-corrected chi connectivity index (χ1v) is 11.5. The molecule has 5 rings (SSSR count). The number of benzene rings is 2. The van der Waals surface area contributed by atoms with Crippen molar-refractivity contribution < 1.29 is 9.53 Å². The predicted molar refractivity (Wildman–Crippen MR) is 126 cm³/mol. The van der Waals surface area contributed by atoms with Crippen molar-refractivity contribution in [2.45, 2.75) is 18.0 Å². The van der Waals surface area contributed by atoms with Gasteiger partial charge in [-0.25, -0.2) is 4.98 Å². The van der Waals surface area contributed by atoms with E-state index in [0.29, 0.717) is 30.7 Å². The number of amides is 1. The maximum absolute atomic E-state index is 13.1. The van der Waals surface area contributed by atoms with Crippen LogP contribution in [0.3, 0.4) is 0 Å². The largest absolute Gasteiger partial charge is 0.480 e. The highest BCUT2D eigenvalue weighted by Crippen LogP contribution is 2.34. The van der Waals surface area contributed by atoms with Crippen molar-refractivity contribution >= 4 is 5.91 Å². The van der Waals surface area contributed by atoms with Crippen LogP contribution in [-0.4, -0.2) is 77.6 Å². The lowest BCUT2D eigenvalue weighted by molar-refractivity contribution is 0.0140. The van der Waals surface area contributed by atoms with Crippen molar-refractivity contribution in [2.75, 3.05) is 39.8 Å². The fourth-order valence-corrected chi connectivity index (χ4v) is 5.17. The Labute approximate surface area is 194 Å².